The average molecular weight is 307 g/mol. The van der Waals surface area contributed by atoms with Gasteiger partial charge in [0, 0.05) is 12.0 Å². The van der Waals surface area contributed by atoms with Crippen molar-refractivity contribution in [2.24, 2.45) is 0 Å². The summed E-state index contributed by atoms with van der Waals surface area (Å²) in [6.07, 6.45) is 0.786. The van der Waals surface area contributed by atoms with Crippen LogP contribution in [0.25, 0.3) is 0 Å². The van der Waals surface area contributed by atoms with E-state index >= 15 is 0 Å². The van der Waals surface area contributed by atoms with Crippen LogP contribution in [0.3, 0.4) is 0 Å². The van der Waals surface area contributed by atoms with Gasteiger partial charge in [-0.1, -0.05) is 30.3 Å². The summed E-state index contributed by atoms with van der Waals surface area (Å²) >= 11 is 5.92. The molecular formula is C17H19ClO3. The lowest BCUT2D eigenvalue weighted by Crippen LogP contribution is -2.06. The van der Waals surface area contributed by atoms with Crippen LogP contribution in [0.1, 0.15) is 12.0 Å². The summed E-state index contributed by atoms with van der Waals surface area (Å²) in [6.45, 7) is 1.16. The van der Waals surface area contributed by atoms with Crippen molar-refractivity contribution in [3.05, 3.63) is 54.1 Å². The third-order valence-electron chi connectivity index (χ3n) is 2.97. The smallest absolute Gasteiger partial charge is 0.165 e. The van der Waals surface area contributed by atoms with Gasteiger partial charge in [-0.05, 0) is 18.2 Å². The van der Waals surface area contributed by atoms with Crippen LogP contribution in [0.2, 0.25) is 0 Å². The largest absolute Gasteiger partial charge is 0.493 e. The molecule has 0 amide bonds. The Balaban J connectivity index is 1.81. The zero-order valence-corrected chi connectivity index (χ0v) is 12.8. The molecule has 0 aliphatic rings. The minimum absolute atomic E-state index is 0.396. The number of hydrogen-bond acceptors (Lipinski definition) is 3. The number of ether oxygens (including phenoxy) is 3. The van der Waals surface area contributed by atoms with E-state index in [4.69, 9.17) is 25.8 Å². The molecule has 0 radical (unpaired) electrons. The Morgan fingerprint density at radius 3 is 2.38 bits per heavy atom. The molecule has 0 N–H and O–H groups in total. The maximum atomic E-state index is 5.92. The van der Waals surface area contributed by atoms with E-state index in [-0.39, 0.29) is 0 Å². The van der Waals surface area contributed by atoms with E-state index in [2.05, 4.69) is 0 Å². The van der Waals surface area contributed by atoms with E-state index in [1.807, 2.05) is 48.5 Å². The van der Waals surface area contributed by atoms with Crippen molar-refractivity contribution in [3.63, 3.8) is 0 Å². The molecule has 0 aliphatic carbocycles. The van der Waals surface area contributed by atoms with Gasteiger partial charge < -0.3 is 14.2 Å². The van der Waals surface area contributed by atoms with Crippen LogP contribution in [-0.4, -0.2) is 20.3 Å². The lowest BCUT2D eigenvalue weighted by atomic mass is 10.2. The predicted octanol–water partition coefficient (Wildman–Crippen LogP) is 4.28. The highest BCUT2D eigenvalue weighted by atomic mass is 35.5. The molecular weight excluding hydrogens is 288 g/mol. The summed E-state index contributed by atoms with van der Waals surface area (Å²) in [6, 6.07) is 15.4. The molecule has 112 valence electrons. The summed E-state index contributed by atoms with van der Waals surface area (Å²) in [7, 11) is 1.62. The predicted molar refractivity (Wildman–Crippen MR) is 84.6 cm³/mol. The van der Waals surface area contributed by atoms with Gasteiger partial charge in [0.05, 0.1) is 26.2 Å². The van der Waals surface area contributed by atoms with Crippen molar-refractivity contribution >= 4 is 11.6 Å². The highest BCUT2D eigenvalue weighted by Crippen LogP contribution is 2.32. The molecule has 0 aromatic heterocycles. The first kappa shape index (κ1) is 15.5. The Bertz CT molecular complexity index is 521. The topological polar surface area (TPSA) is 27.7 Å². The fraction of sp³-hybridized carbons (Fsp3) is 0.294. The molecule has 0 saturated heterocycles. The third kappa shape index (κ3) is 4.57. The second kappa shape index (κ2) is 8.42. The second-order valence-electron chi connectivity index (χ2n) is 4.45. The van der Waals surface area contributed by atoms with Crippen LogP contribution < -0.4 is 14.2 Å². The summed E-state index contributed by atoms with van der Waals surface area (Å²) in [4.78, 5) is 0. The molecule has 0 aliphatic heterocycles. The number of para-hydroxylation sites is 2. The Morgan fingerprint density at radius 2 is 1.67 bits per heavy atom. The van der Waals surface area contributed by atoms with Gasteiger partial charge in [0.25, 0.3) is 0 Å². The van der Waals surface area contributed by atoms with Crippen LogP contribution in [0.4, 0.5) is 0 Å². The van der Waals surface area contributed by atoms with Crippen LogP contribution >= 0.6 is 11.6 Å². The number of methoxy groups -OCH3 is 1. The van der Waals surface area contributed by atoms with E-state index in [0.717, 1.165) is 23.5 Å². The zero-order chi connectivity index (χ0) is 14.9. The second-order valence-corrected chi connectivity index (χ2v) is 4.71. The van der Waals surface area contributed by atoms with Gasteiger partial charge in [-0.15, -0.1) is 11.6 Å². The first-order chi connectivity index (χ1) is 10.3. The summed E-state index contributed by atoms with van der Waals surface area (Å²) < 4.78 is 16.7. The molecule has 2 aromatic rings. The van der Waals surface area contributed by atoms with Crippen LogP contribution in [0, 0.1) is 0 Å². The highest BCUT2D eigenvalue weighted by Gasteiger charge is 2.09. The molecule has 2 rings (SSSR count). The van der Waals surface area contributed by atoms with Crippen molar-refractivity contribution in [2.75, 3.05) is 20.3 Å². The molecule has 0 heterocycles. The first-order valence-corrected chi connectivity index (χ1v) is 7.41. The quantitative estimate of drug-likeness (QED) is 0.538. The number of alkyl halides is 1. The van der Waals surface area contributed by atoms with Gasteiger partial charge in [-0.2, -0.15) is 0 Å². The lowest BCUT2D eigenvalue weighted by Gasteiger charge is -2.14. The summed E-state index contributed by atoms with van der Waals surface area (Å²) in [5, 5.41) is 0. The molecule has 0 bridgehead atoms. The van der Waals surface area contributed by atoms with E-state index in [1.54, 1.807) is 7.11 Å². The third-order valence-corrected chi connectivity index (χ3v) is 3.26. The Kier molecular flexibility index (Phi) is 6.22. The van der Waals surface area contributed by atoms with E-state index < -0.39 is 0 Å². The normalized spacial score (nSPS) is 10.2. The maximum Gasteiger partial charge on any atom is 0.165 e. The minimum Gasteiger partial charge on any atom is -0.493 e. The van der Waals surface area contributed by atoms with Crippen molar-refractivity contribution < 1.29 is 14.2 Å². The average Bonchev–Trinajstić information content (AvgIpc) is 2.55. The Hall–Kier alpha value is -1.87. The Morgan fingerprint density at radius 1 is 0.905 bits per heavy atom. The number of rotatable bonds is 8. The molecule has 3 nitrogen and oxygen atoms in total. The van der Waals surface area contributed by atoms with Crippen molar-refractivity contribution in [1.82, 2.24) is 0 Å². The minimum atomic E-state index is 0.396. The molecule has 4 heteroatoms. The first-order valence-electron chi connectivity index (χ1n) is 6.87. The van der Waals surface area contributed by atoms with E-state index in [0.29, 0.717) is 24.8 Å². The number of hydrogen-bond donors (Lipinski definition) is 0. The van der Waals surface area contributed by atoms with Gasteiger partial charge >= 0.3 is 0 Å². The molecule has 0 spiro atoms. The van der Waals surface area contributed by atoms with Gasteiger partial charge in [-0.25, -0.2) is 0 Å². The van der Waals surface area contributed by atoms with E-state index in [9.17, 15) is 0 Å². The molecule has 21 heavy (non-hydrogen) atoms. The summed E-state index contributed by atoms with van der Waals surface area (Å²) in [5.41, 5.74) is 0.931. The zero-order valence-electron chi connectivity index (χ0n) is 12.0. The van der Waals surface area contributed by atoms with Gasteiger partial charge in [0.15, 0.2) is 11.5 Å². The molecule has 0 atom stereocenters. The molecule has 0 saturated carbocycles. The highest BCUT2D eigenvalue weighted by molar-refractivity contribution is 6.17. The summed E-state index contributed by atoms with van der Waals surface area (Å²) in [5.74, 6) is 2.69. The van der Waals surface area contributed by atoms with Crippen molar-refractivity contribution in [3.8, 4) is 17.2 Å². The standard InChI is InChI=1S/C17H19ClO3/c1-19-16-10-5-7-14(13-18)17(16)21-12-6-11-20-15-8-3-2-4-9-15/h2-5,7-10H,6,11-13H2,1H3. The van der Waals surface area contributed by atoms with Gasteiger partial charge in [0.2, 0.25) is 0 Å². The van der Waals surface area contributed by atoms with Crippen molar-refractivity contribution in [1.29, 1.82) is 0 Å². The lowest BCUT2D eigenvalue weighted by molar-refractivity contribution is 0.239. The van der Waals surface area contributed by atoms with Crippen LogP contribution in [0.15, 0.2) is 48.5 Å². The molecule has 0 fully saturated rings. The van der Waals surface area contributed by atoms with Gasteiger partial charge in [-0.3, -0.25) is 0 Å². The fourth-order valence-corrected chi connectivity index (χ4v) is 2.14. The van der Waals surface area contributed by atoms with Crippen LogP contribution in [-0.2, 0) is 5.88 Å². The van der Waals surface area contributed by atoms with E-state index in [1.165, 1.54) is 0 Å². The van der Waals surface area contributed by atoms with Crippen LogP contribution in [0.5, 0.6) is 17.2 Å². The molecule has 2 aromatic carbocycles. The molecule has 0 unspecified atom stereocenters. The Labute approximate surface area is 130 Å². The number of halogens is 1. The SMILES string of the molecule is COc1cccc(CCl)c1OCCCOc1ccccc1. The monoisotopic (exact) mass is 306 g/mol. The fourth-order valence-electron chi connectivity index (χ4n) is 1.93. The number of benzene rings is 2. The maximum absolute atomic E-state index is 5.92. The van der Waals surface area contributed by atoms with Gasteiger partial charge in [0.1, 0.15) is 5.75 Å². The van der Waals surface area contributed by atoms with Crippen molar-refractivity contribution in [2.45, 2.75) is 12.3 Å².